The Balaban J connectivity index is 1.72. The van der Waals surface area contributed by atoms with Gasteiger partial charge >= 0.3 is 0 Å². The summed E-state index contributed by atoms with van der Waals surface area (Å²) in [6.07, 6.45) is 7.84. The van der Waals surface area contributed by atoms with Crippen molar-refractivity contribution in [2.45, 2.75) is 70.0 Å². The van der Waals surface area contributed by atoms with E-state index in [4.69, 9.17) is 9.26 Å². The monoisotopic (exact) mass is 280 g/mol. The molecule has 1 unspecified atom stereocenters. The van der Waals surface area contributed by atoms with Gasteiger partial charge in [0.1, 0.15) is 5.60 Å². The van der Waals surface area contributed by atoms with Gasteiger partial charge in [-0.05, 0) is 38.5 Å². The maximum atomic E-state index is 9.97. The summed E-state index contributed by atoms with van der Waals surface area (Å²) in [6, 6.07) is 0. The van der Waals surface area contributed by atoms with Gasteiger partial charge in [-0.15, -0.1) is 0 Å². The molecule has 20 heavy (non-hydrogen) atoms. The summed E-state index contributed by atoms with van der Waals surface area (Å²) < 4.78 is 11.3. The van der Waals surface area contributed by atoms with E-state index in [1.807, 2.05) is 6.92 Å². The van der Waals surface area contributed by atoms with E-state index in [-0.39, 0.29) is 11.7 Å². The van der Waals surface area contributed by atoms with Crippen LogP contribution in [0.4, 0.5) is 0 Å². The van der Waals surface area contributed by atoms with Gasteiger partial charge in [-0.1, -0.05) is 24.4 Å². The molecule has 0 spiro atoms. The summed E-state index contributed by atoms with van der Waals surface area (Å²) in [6.45, 7) is 2.67. The molecule has 2 saturated carbocycles. The average Bonchev–Trinajstić information content (AvgIpc) is 3.21. The lowest BCUT2D eigenvalue weighted by Gasteiger charge is -2.33. The highest BCUT2D eigenvalue weighted by Gasteiger charge is 2.39. The lowest BCUT2D eigenvalue weighted by Crippen LogP contribution is -2.33. The third-order valence-corrected chi connectivity index (χ3v) is 4.51. The molecule has 2 aliphatic carbocycles. The SMILES string of the molecule is CCOC1(c2noc(CC(O)C3CC3)n2)CCCCC1. The lowest BCUT2D eigenvalue weighted by molar-refractivity contribution is -0.0777. The minimum Gasteiger partial charge on any atom is -0.392 e. The summed E-state index contributed by atoms with van der Waals surface area (Å²) in [5, 5.41) is 14.1. The van der Waals surface area contributed by atoms with Crippen molar-refractivity contribution in [3.05, 3.63) is 11.7 Å². The van der Waals surface area contributed by atoms with Crippen molar-refractivity contribution in [2.75, 3.05) is 6.61 Å². The van der Waals surface area contributed by atoms with Gasteiger partial charge in [0.05, 0.1) is 12.5 Å². The first kappa shape index (κ1) is 14.0. The fourth-order valence-corrected chi connectivity index (χ4v) is 3.18. The van der Waals surface area contributed by atoms with E-state index in [1.54, 1.807) is 0 Å². The molecular weight excluding hydrogens is 256 g/mol. The van der Waals surface area contributed by atoms with Crippen LogP contribution >= 0.6 is 0 Å². The number of ether oxygens (including phenoxy) is 1. The van der Waals surface area contributed by atoms with Gasteiger partial charge in [0, 0.05) is 6.61 Å². The number of hydrogen-bond acceptors (Lipinski definition) is 5. The molecule has 2 fully saturated rings. The van der Waals surface area contributed by atoms with Crippen LogP contribution in [0.15, 0.2) is 4.52 Å². The molecule has 0 aromatic carbocycles. The van der Waals surface area contributed by atoms with E-state index in [2.05, 4.69) is 10.1 Å². The molecule has 1 heterocycles. The van der Waals surface area contributed by atoms with Crippen molar-refractivity contribution in [2.24, 2.45) is 5.92 Å². The van der Waals surface area contributed by atoms with E-state index in [0.29, 0.717) is 30.7 Å². The molecule has 1 N–H and O–H groups in total. The lowest BCUT2D eigenvalue weighted by atomic mass is 9.84. The minimum absolute atomic E-state index is 0.335. The average molecular weight is 280 g/mol. The van der Waals surface area contributed by atoms with Crippen molar-refractivity contribution in [1.82, 2.24) is 10.1 Å². The summed E-state index contributed by atoms with van der Waals surface area (Å²) >= 11 is 0. The smallest absolute Gasteiger partial charge is 0.229 e. The van der Waals surface area contributed by atoms with E-state index < -0.39 is 0 Å². The van der Waals surface area contributed by atoms with Crippen molar-refractivity contribution in [1.29, 1.82) is 0 Å². The summed E-state index contributed by atoms with van der Waals surface area (Å²) in [5.74, 6) is 1.65. The van der Waals surface area contributed by atoms with Gasteiger partial charge in [0.25, 0.3) is 0 Å². The van der Waals surface area contributed by atoms with Crippen molar-refractivity contribution >= 4 is 0 Å². The van der Waals surface area contributed by atoms with Gasteiger partial charge < -0.3 is 14.4 Å². The second-order valence-electron chi connectivity index (χ2n) is 6.11. The maximum absolute atomic E-state index is 9.97. The van der Waals surface area contributed by atoms with Crippen LogP contribution < -0.4 is 0 Å². The van der Waals surface area contributed by atoms with E-state index >= 15 is 0 Å². The first-order valence-corrected chi connectivity index (χ1v) is 7.88. The molecule has 1 aromatic heterocycles. The first-order chi connectivity index (χ1) is 9.73. The Morgan fingerprint density at radius 3 is 2.75 bits per heavy atom. The van der Waals surface area contributed by atoms with Crippen LogP contribution in [0, 0.1) is 5.92 Å². The van der Waals surface area contributed by atoms with Crippen LogP contribution in [0.3, 0.4) is 0 Å². The predicted octanol–water partition coefficient (Wildman–Crippen LogP) is 2.58. The molecule has 1 atom stereocenters. The second kappa shape index (κ2) is 5.82. The molecule has 0 saturated heterocycles. The minimum atomic E-state index is -0.362. The van der Waals surface area contributed by atoms with Crippen LogP contribution in [0.1, 0.15) is 63.6 Å². The van der Waals surface area contributed by atoms with Crippen LogP contribution in [-0.4, -0.2) is 28.0 Å². The second-order valence-corrected chi connectivity index (χ2v) is 6.11. The fourth-order valence-electron chi connectivity index (χ4n) is 3.18. The standard InChI is InChI=1S/C15H24N2O3/c1-2-19-15(8-4-3-5-9-15)14-16-13(20-17-14)10-12(18)11-6-7-11/h11-12,18H,2-10H2,1H3. The number of aliphatic hydroxyl groups is 1. The van der Waals surface area contributed by atoms with Gasteiger partial charge in [-0.2, -0.15) is 4.98 Å². The van der Waals surface area contributed by atoms with E-state index in [9.17, 15) is 5.11 Å². The first-order valence-electron chi connectivity index (χ1n) is 7.88. The van der Waals surface area contributed by atoms with Crippen LogP contribution in [0.25, 0.3) is 0 Å². The van der Waals surface area contributed by atoms with E-state index in [1.165, 1.54) is 6.42 Å². The third-order valence-electron chi connectivity index (χ3n) is 4.51. The number of aliphatic hydroxyl groups excluding tert-OH is 1. The van der Waals surface area contributed by atoms with Crippen molar-refractivity contribution in [3.63, 3.8) is 0 Å². The Hall–Kier alpha value is -0.940. The highest BCUT2D eigenvalue weighted by molar-refractivity contribution is 5.04. The van der Waals surface area contributed by atoms with E-state index in [0.717, 1.165) is 38.5 Å². The van der Waals surface area contributed by atoms with Gasteiger partial charge in [-0.25, -0.2) is 0 Å². The Bertz CT molecular complexity index is 431. The maximum Gasteiger partial charge on any atom is 0.229 e. The molecule has 0 amide bonds. The predicted molar refractivity (Wildman–Crippen MR) is 73.1 cm³/mol. The summed E-state index contributed by atoms with van der Waals surface area (Å²) in [5.41, 5.74) is -0.362. The Kier molecular flexibility index (Phi) is 4.08. The summed E-state index contributed by atoms with van der Waals surface area (Å²) in [7, 11) is 0. The number of nitrogens with zero attached hydrogens (tertiary/aromatic N) is 2. The molecule has 1 aromatic rings. The fraction of sp³-hybridized carbons (Fsp3) is 0.867. The van der Waals surface area contributed by atoms with Crippen LogP contribution in [-0.2, 0) is 16.8 Å². The zero-order chi connectivity index (χ0) is 14.0. The Morgan fingerprint density at radius 1 is 1.35 bits per heavy atom. The normalized spacial score (nSPS) is 23.7. The van der Waals surface area contributed by atoms with Gasteiger partial charge in [0.2, 0.25) is 11.7 Å². The zero-order valence-corrected chi connectivity index (χ0v) is 12.2. The molecule has 0 radical (unpaired) electrons. The highest BCUT2D eigenvalue weighted by atomic mass is 16.5. The highest BCUT2D eigenvalue weighted by Crippen LogP contribution is 2.39. The Morgan fingerprint density at radius 2 is 2.10 bits per heavy atom. The summed E-state index contributed by atoms with van der Waals surface area (Å²) in [4.78, 5) is 4.51. The topological polar surface area (TPSA) is 68.4 Å². The Labute approximate surface area is 119 Å². The van der Waals surface area contributed by atoms with Gasteiger partial charge in [0.15, 0.2) is 0 Å². The molecule has 112 valence electrons. The quantitative estimate of drug-likeness (QED) is 0.867. The van der Waals surface area contributed by atoms with Crippen molar-refractivity contribution in [3.8, 4) is 0 Å². The number of rotatable bonds is 6. The molecule has 2 aliphatic rings. The molecular formula is C15H24N2O3. The molecule has 3 rings (SSSR count). The number of hydrogen-bond donors (Lipinski definition) is 1. The molecule has 5 nitrogen and oxygen atoms in total. The largest absolute Gasteiger partial charge is 0.392 e. The molecule has 0 aliphatic heterocycles. The van der Waals surface area contributed by atoms with Crippen LogP contribution in [0.2, 0.25) is 0 Å². The molecule has 0 bridgehead atoms. The van der Waals surface area contributed by atoms with Gasteiger partial charge in [-0.3, -0.25) is 0 Å². The van der Waals surface area contributed by atoms with Crippen molar-refractivity contribution < 1.29 is 14.4 Å². The van der Waals surface area contributed by atoms with Crippen LogP contribution in [0.5, 0.6) is 0 Å². The molecule has 5 heteroatoms. The third kappa shape index (κ3) is 2.88. The number of aromatic nitrogens is 2. The zero-order valence-electron chi connectivity index (χ0n) is 12.2.